The van der Waals surface area contributed by atoms with Crippen LogP contribution in [0, 0.1) is 0 Å². The molecule has 2 rings (SSSR count). The molecule has 1 aromatic heterocycles. The number of aromatic hydroxyl groups is 1. The zero-order valence-electron chi connectivity index (χ0n) is 9.93. The fraction of sp³-hybridized carbons (Fsp3) is 0.308. The van der Waals surface area contributed by atoms with Gasteiger partial charge in [-0.3, -0.25) is 4.79 Å². The van der Waals surface area contributed by atoms with Gasteiger partial charge in [0.2, 0.25) is 0 Å². The van der Waals surface area contributed by atoms with Crippen LogP contribution in [0.25, 0.3) is 10.1 Å². The summed E-state index contributed by atoms with van der Waals surface area (Å²) in [6.45, 7) is 5.17. The third kappa shape index (κ3) is 2.00. The third-order valence-electron chi connectivity index (χ3n) is 2.88. The molecule has 0 bridgehead atoms. The molecule has 1 heterocycles. The summed E-state index contributed by atoms with van der Waals surface area (Å²) in [5.74, 6) is -0.00259. The Morgan fingerprint density at radius 3 is 2.65 bits per heavy atom. The smallest absolute Gasteiger partial charge is 0.257 e. The molecule has 0 aliphatic rings. The van der Waals surface area contributed by atoms with Crippen LogP contribution in [0.1, 0.15) is 24.2 Å². The highest BCUT2D eigenvalue weighted by Gasteiger charge is 2.18. The number of phenols is 1. The molecule has 90 valence electrons. The van der Waals surface area contributed by atoms with Crippen molar-refractivity contribution in [1.82, 2.24) is 4.90 Å². The highest BCUT2D eigenvalue weighted by molar-refractivity contribution is 7.17. The highest BCUT2D eigenvalue weighted by atomic mass is 32.1. The van der Waals surface area contributed by atoms with Gasteiger partial charge < -0.3 is 10.0 Å². The minimum absolute atomic E-state index is 0.106. The van der Waals surface area contributed by atoms with Crippen molar-refractivity contribution >= 4 is 27.3 Å². The topological polar surface area (TPSA) is 40.5 Å². The predicted molar refractivity (Wildman–Crippen MR) is 70.7 cm³/mol. The summed E-state index contributed by atoms with van der Waals surface area (Å²) < 4.78 is 0.781. The number of carbonyl (C=O) groups is 1. The van der Waals surface area contributed by atoms with Crippen LogP contribution in [0.4, 0.5) is 0 Å². The molecule has 3 nitrogen and oxygen atoms in total. The van der Waals surface area contributed by atoms with E-state index in [-0.39, 0.29) is 11.7 Å². The normalized spacial score (nSPS) is 10.7. The Balaban J connectivity index is 2.48. The maximum atomic E-state index is 12.2. The zero-order chi connectivity index (χ0) is 12.4. The summed E-state index contributed by atoms with van der Waals surface area (Å²) in [6, 6.07) is 5.51. The first-order chi connectivity index (χ1) is 8.19. The second-order valence-electron chi connectivity index (χ2n) is 3.78. The molecule has 0 unspecified atom stereocenters. The number of benzene rings is 1. The molecule has 0 aliphatic carbocycles. The molecule has 1 amide bonds. The summed E-state index contributed by atoms with van der Waals surface area (Å²) in [4.78, 5) is 13.9. The number of amides is 1. The molecule has 17 heavy (non-hydrogen) atoms. The van der Waals surface area contributed by atoms with E-state index < -0.39 is 0 Å². The average molecular weight is 249 g/mol. The molecule has 0 spiro atoms. The first-order valence-electron chi connectivity index (χ1n) is 5.67. The largest absolute Gasteiger partial charge is 0.506 e. The second-order valence-corrected chi connectivity index (χ2v) is 4.69. The van der Waals surface area contributed by atoms with Gasteiger partial charge in [-0.2, -0.15) is 0 Å². The van der Waals surface area contributed by atoms with Gasteiger partial charge in [0.1, 0.15) is 5.75 Å². The predicted octanol–water partition coefficient (Wildman–Crippen LogP) is 3.09. The average Bonchev–Trinajstić information content (AvgIpc) is 2.80. The first kappa shape index (κ1) is 11.9. The lowest BCUT2D eigenvalue weighted by Crippen LogP contribution is -2.30. The Labute approximate surface area is 104 Å². The fourth-order valence-electron chi connectivity index (χ4n) is 1.87. The van der Waals surface area contributed by atoms with Crippen molar-refractivity contribution in [1.29, 1.82) is 0 Å². The number of rotatable bonds is 3. The minimum atomic E-state index is -0.109. The van der Waals surface area contributed by atoms with Crippen molar-refractivity contribution in [3.05, 3.63) is 29.1 Å². The molecule has 0 saturated carbocycles. The SMILES string of the molecule is CCN(CC)C(=O)c1ccc2ccsc2c1O. The van der Waals surface area contributed by atoms with Crippen molar-refractivity contribution in [2.45, 2.75) is 13.8 Å². The van der Waals surface area contributed by atoms with Crippen molar-refractivity contribution in [3.8, 4) is 5.75 Å². The van der Waals surface area contributed by atoms with Crippen LogP contribution < -0.4 is 0 Å². The number of hydrogen-bond donors (Lipinski definition) is 1. The molecule has 4 heteroatoms. The molecule has 1 N–H and O–H groups in total. The zero-order valence-corrected chi connectivity index (χ0v) is 10.8. The second kappa shape index (κ2) is 4.75. The fourth-order valence-corrected chi connectivity index (χ4v) is 2.72. The van der Waals surface area contributed by atoms with Gasteiger partial charge in [0.15, 0.2) is 0 Å². The van der Waals surface area contributed by atoms with Crippen LogP contribution >= 0.6 is 11.3 Å². The molecule has 1 aromatic carbocycles. The molecule has 0 atom stereocenters. The van der Waals surface area contributed by atoms with Gasteiger partial charge in [0, 0.05) is 13.1 Å². The van der Waals surface area contributed by atoms with Gasteiger partial charge in [0.05, 0.1) is 10.3 Å². The number of fused-ring (bicyclic) bond motifs is 1. The van der Waals surface area contributed by atoms with Gasteiger partial charge >= 0.3 is 0 Å². The van der Waals surface area contributed by atoms with Crippen molar-refractivity contribution in [2.24, 2.45) is 0 Å². The first-order valence-corrected chi connectivity index (χ1v) is 6.55. The lowest BCUT2D eigenvalue weighted by molar-refractivity contribution is 0.0770. The number of hydrogen-bond acceptors (Lipinski definition) is 3. The van der Waals surface area contributed by atoms with E-state index in [1.807, 2.05) is 31.4 Å². The number of carbonyl (C=O) groups excluding carboxylic acids is 1. The van der Waals surface area contributed by atoms with E-state index in [1.165, 1.54) is 11.3 Å². The maximum Gasteiger partial charge on any atom is 0.257 e. The number of phenolic OH excluding ortho intramolecular Hbond substituents is 1. The van der Waals surface area contributed by atoms with Crippen LogP contribution in [0.2, 0.25) is 0 Å². The van der Waals surface area contributed by atoms with Crippen LogP contribution in [0.15, 0.2) is 23.6 Å². The molecule has 0 aliphatic heterocycles. The Morgan fingerprint density at radius 2 is 2.00 bits per heavy atom. The van der Waals surface area contributed by atoms with Crippen LogP contribution in [0.5, 0.6) is 5.75 Å². The van der Waals surface area contributed by atoms with Crippen LogP contribution in [-0.4, -0.2) is 29.0 Å². The van der Waals surface area contributed by atoms with E-state index in [9.17, 15) is 9.90 Å². The van der Waals surface area contributed by atoms with Gasteiger partial charge in [0.25, 0.3) is 5.91 Å². The molecule has 0 fully saturated rings. The van der Waals surface area contributed by atoms with Gasteiger partial charge in [-0.25, -0.2) is 0 Å². The third-order valence-corrected chi connectivity index (χ3v) is 3.81. The lowest BCUT2D eigenvalue weighted by atomic mass is 10.1. The summed E-state index contributed by atoms with van der Waals surface area (Å²) in [5.41, 5.74) is 0.392. The molecular formula is C13H15NO2S. The minimum Gasteiger partial charge on any atom is -0.506 e. The molecule has 0 radical (unpaired) electrons. The van der Waals surface area contributed by atoms with Crippen molar-refractivity contribution in [3.63, 3.8) is 0 Å². The van der Waals surface area contributed by atoms with Gasteiger partial charge in [-0.05, 0) is 36.7 Å². The van der Waals surface area contributed by atoms with E-state index in [1.54, 1.807) is 11.0 Å². The van der Waals surface area contributed by atoms with E-state index >= 15 is 0 Å². The van der Waals surface area contributed by atoms with E-state index in [2.05, 4.69) is 0 Å². The Hall–Kier alpha value is -1.55. The monoisotopic (exact) mass is 249 g/mol. The van der Waals surface area contributed by atoms with Crippen molar-refractivity contribution < 1.29 is 9.90 Å². The number of nitrogens with zero attached hydrogens (tertiary/aromatic N) is 1. The van der Waals surface area contributed by atoms with Crippen LogP contribution in [-0.2, 0) is 0 Å². The summed E-state index contributed by atoms with van der Waals surface area (Å²) in [5, 5.41) is 13.0. The maximum absolute atomic E-state index is 12.2. The van der Waals surface area contributed by atoms with Gasteiger partial charge in [-0.15, -0.1) is 11.3 Å². The summed E-state index contributed by atoms with van der Waals surface area (Å²) in [7, 11) is 0. The summed E-state index contributed by atoms with van der Waals surface area (Å²) >= 11 is 1.45. The van der Waals surface area contributed by atoms with Gasteiger partial charge in [-0.1, -0.05) is 6.07 Å². The standard InChI is InChI=1S/C13H15NO2S/c1-3-14(4-2)13(16)10-6-5-9-7-8-17-12(9)11(10)15/h5-8,15H,3-4H2,1-2H3. The Bertz CT molecular complexity index is 543. The molecule has 0 saturated heterocycles. The quantitative estimate of drug-likeness (QED) is 0.908. The Kier molecular flexibility index (Phi) is 3.33. The highest BCUT2D eigenvalue weighted by Crippen LogP contribution is 2.33. The molecule has 2 aromatic rings. The van der Waals surface area contributed by atoms with Crippen molar-refractivity contribution in [2.75, 3.05) is 13.1 Å². The van der Waals surface area contributed by atoms with E-state index in [4.69, 9.17) is 0 Å². The lowest BCUT2D eigenvalue weighted by Gasteiger charge is -2.19. The molecular weight excluding hydrogens is 234 g/mol. The van der Waals surface area contributed by atoms with Crippen LogP contribution in [0.3, 0.4) is 0 Å². The number of thiophene rings is 1. The van der Waals surface area contributed by atoms with E-state index in [0.717, 1.165) is 10.1 Å². The Morgan fingerprint density at radius 1 is 1.29 bits per heavy atom. The summed E-state index contributed by atoms with van der Waals surface area (Å²) in [6.07, 6.45) is 0. The van der Waals surface area contributed by atoms with E-state index in [0.29, 0.717) is 18.7 Å².